The molecule has 0 amide bonds. The van der Waals surface area contributed by atoms with Crippen molar-refractivity contribution in [3.8, 4) is 17.2 Å². The van der Waals surface area contributed by atoms with Crippen molar-refractivity contribution in [3.05, 3.63) is 16.7 Å². The number of carboxylic acids is 1. The van der Waals surface area contributed by atoms with E-state index in [4.69, 9.17) is 36.7 Å². The summed E-state index contributed by atoms with van der Waals surface area (Å²) >= 11 is 6.09. The van der Waals surface area contributed by atoms with E-state index in [9.17, 15) is 4.79 Å². The number of carboxylic acid groups (broad SMARTS) is 1. The minimum atomic E-state index is -0.912. The minimum absolute atomic E-state index is 0.0491. The van der Waals surface area contributed by atoms with Gasteiger partial charge >= 0.3 is 5.97 Å². The smallest absolute Gasteiger partial charge is 0.303 e. The lowest BCUT2D eigenvalue weighted by Crippen LogP contribution is -2.14. The highest BCUT2D eigenvalue weighted by molar-refractivity contribution is 6.32. The molecule has 0 saturated carbocycles. The second-order valence-corrected chi connectivity index (χ2v) is 4.49. The Kier molecular flexibility index (Phi) is 4.01. The predicted molar refractivity (Wildman–Crippen MR) is 67.9 cm³/mol. The lowest BCUT2D eigenvalue weighted by Gasteiger charge is -2.18. The molecule has 0 fully saturated rings. The maximum Gasteiger partial charge on any atom is 0.303 e. The summed E-state index contributed by atoms with van der Waals surface area (Å²) < 4.78 is 15.9. The molecule has 0 bridgehead atoms. The van der Waals surface area contributed by atoms with Crippen LogP contribution in [0.2, 0.25) is 5.02 Å². The number of fused-ring (bicyclic) bond motifs is 1. The van der Waals surface area contributed by atoms with E-state index in [-0.39, 0.29) is 19.6 Å². The van der Waals surface area contributed by atoms with E-state index in [0.717, 1.165) is 0 Å². The molecule has 1 unspecified atom stereocenters. The highest BCUT2D eigenvalue weighted by Crippen LogP contribution is 2.48. The van der Waals surface area contributed by atoms with Gasteiger partial charge in [0.15, 0.2) is 11.5 Å². The Bertz CT molecular complexity index is 502. The first-order valence-corrected chi connectivity index (χ1v) is 6.05. The maximum atomic E-state index is 10.6. The molecule has 1 aliphatic heterocycles. The number of hydrogen-bond acceptors (Lipinski definition) is 5. The molecular weight excluding hydrogens is 274 g/mol. The molecule has 0 aromatic heterocycles. The summed E-state index contributed by atoms with van der Waals surface area (Å²) in [6.07, 6.45) is 0.203. The van der Waals surface area contributed by atoms with Crippen molar-refractivity contribution >= 4 is 17.6 Å². The van der Waals surface area contributed by atoms with Crippen LogP contribution in [0.25, 0.3) is 0 Å². The third-order valence-corrected chi connectivity index (χ3v) is 3.13. The predicted octanol–water partition coefficient (Wildman–Crippen LogP) is 1.94. The molecular formula is C12H14ClNO5. The zero-order valence-electron chi connectivity index (χ0n) is 10.3. The third-order valence-electron chi connectivity index (χ3n) is 2.85. The molecule has 1 atom stereocenters. The van der Waals surface area contributed by atoms with Crippen molar-refractivity contribution in [1.29, 1.82) is 0 Å². The molecule has 2 rings (SSSR count). The molecule has 1 aliphatic rings. The summed E-state index contributed by atoms with van der Waals surface area (Å²) in [5.41, 5.74) is 6.57. The fraction of sp³-hybridized carbons (Fsp3) is 0.417. The number of ether oxygens (including phenoxy) is 3. The van der Waals surface area contributed by atoms with E-state index in [1.807, 2.05) is 0 Å². The van der Waals surface area contributed by atoms with Crippen LogP contribution in [0.3, 0.4) is 0 Å². The Balaban J connectivity index is 2.39. The Morgan fingerprint density at radius 1 is 1.63 bits per heavy atom. The zero-order chi connectivity index (χ0) is 14.0. The van der Waals surface area contributed by atoms with Crippen molar-refractivity contribution in [2.75, 3.05) is 13.9 Å². The molecule has 0 radical (unpaired) electrons. The van der Waals surface area contributed by atoms with Gasteiger partial charge in [-0.05, 0) is 6.42 Å². The Morgan fingerprint density at radius 3 is 3.00 bits per heavy atom. The normalized spacial score (nSPS) is 14.3. The number of methoxy groups -OCH3 is 1. The van der Waals surface area contributed by atoms with Gasteiger partial charge in [-0.3, -0.25) is 4.79 Å². The van der Waals surface area contributed by atoms with Gasteiger partial charge in [-0.15, -0.1) is 0 Å². The number of hydrogen-bond donors (Lipinski definition) is 2. The number of aliphatic carboxylic acids is 1. The van der Waals surface area contributed by atoms with Crippen LogP contribution in [0, 0.1) is 0 Å². The molecule has 7 heteroatoms. The largest absolute Gasteiger partial charge is 0.495 e. The Morgan fingerprint density at radius 2 is 2.37 bits per heavy atom. The zero-order valence-corrected chi connectivity index (χ0v) is 11.1. The SMILES string of the molecule is COc1c(Cl)cc2c(c1C(N)CCC(=O)O)OCO2. The first kappa shape index (κ1) is 13.8. The van der Waals surface area contributed by atoms with Gasteiger partial charge in [0.2, 0.25) is 6.79 Å². The monoisotopic (exact) mass is 287 g/mol. The maximum absolute atomic E-state index is 10.6. The van der Waals surface area contributed by atoms with Crippen LogP contribution < -0.4 is 19.9 Å². The van der Waals surface area contributed by atoms with Crippen molar-refractivity contribution < 1.29 is 24.1 Å². The molecule has 1 heterocycles. The molecule has 3 N–H and O–H groups in total. The highest BCUT2D eigenvalue weighted by Gasteiger charge is 2.28. The van der Waals surface area contributed by atoms with Gasteiger partial charge in [0.05, 0.1) is 17.7 Å². The van der Waals surface area contributed by atoms with Crippen molar-refractivity contribution in [2.45, 2.75) is 18.9 Å². The Hall–Kier alpha value is -1.66. The van der Waals surface area contributed by atoms with Crippen LogP contribution in [0.5, 0.6) is 17.2 Å². The van der Waals surface area contributed by atoms with Crippen molar-refractivity contribution in [3.63, 3.8) is 0 Å². The molecule has 6 nitrogen and oxygen atoms in total. The van der Waals surface area contributed by atoms with Gasteiger partial charge in [0.25, 0.3) is 0 Å². The number of halogens is 1. The molecule has 0 saturated heterocycles. The van der Waals surface area contributed by atoms with Crippen LogP contribution in [0.15, 0.2) is 6.07 Å². The van der Waals surface area contributed by atoms with E-state index in [0.29, 0.717) is 27.8 Å². The molecule has 1 aromatic carbocycles. The molecule has 19 heavy (non-hydrogen) atoms. The first-order chi connectivity index (χ1) is 9.04. The highest BCUT2D eigenvalue weighted by atomic mass is 35.5. The summed E-state index contributed by atoms with van der Waals surface area (Å²) in [7, 11) is 1.47. The van der Waals surface area contributed by atoms with E-state index in [1.165, 1.54) is 7.11 Å². The summed E-state index contributed by atoms with van der Waals surface area (Å²) in [4.78, 5) is 10.6. The quantitative estimate of drug-likeness (QED) is 0.860. The average Bonchev–Trinajstić information content (AvgIpc) is 2.81. The molecule has 0 spiro atoms. The molecule has 0 aliphatic carbocycles. The van der Waals surface area contributed by atoms with Crippen LogP contribution in [-0.2, 0) is 4.79 Å². The fourth-order valence-corrected chi connectivity index (χ4v) is 2.26. The van der Waals surface area contributed by atoms with E-state index < -0.39 is 12.0 Å². The van der Waals surface area contributed by atoms with Gasteiger partial charge in [-0.25, -0.2) is 0 Å². The topological polar surface area (TPSA) is 91.0 Å². The van der Waals surface area contributed by atoms with Gasteiger partial charge in [-0.2, -0.15) is 0 Å². The molecule has 104 valence electrons. The van der Waals surface area contributed by atoms with Gasteiger partial charge in [0, 0.05) is 18.5 Å². The van der Waals surface area contributed by atoms with E-state index in [2.05, 4.69) is 0 Å². The summed E-state index contributed by atoms with van der Waals surface area (Å²) in [5, 5.41) is 9.07. The second-order valence-electron chi connectivity index (χ2n) is 4.08. The minimum Gasteiger partial charge on any atom is -0.495 e. The Labute approximate surface area is 115 Å². The van der Waals surface area contributed by atoms with Crippen LogP contribution in [0.4, 0.5) is 0 Å². The fourth-order valence-electron chi connectivity index (χ4n) is 1.99. The number of rotatable bonds is 5. The van der Waals surface area contributed by atoms with Crippen LogP contribution in [0.1, 0.15) is 24.4 Å². The van der Waals surface area contributed by atoms with Gasteiger partial charge < -0.3 is 25.1 Å². The summed E-state index contributed by atoms with van der Waals surface area (Å²) in [5.74, 6) is 0.444. The van der Waals surface area contributed by atoms with Gasteiger partial charge in [-0.1, -0.05) is 11.6 Å². The summed E-state index contributed by atoms with van der Waals surface area (Å²) in [6, 6.07) is 1.04. The molecule has 1 aromatic rings. The van der Waals surface area contributed by atoms with Crippen LogP contribution >= 0.6 is 11.6 Å². The second kappa shape index (κ2) is 5.54. The summed E-state index contributed by atoms with van der Waals surface area (Å²) in [6.45, 7) is 0.0808. The van der Waals surface area contributed by atoms with Crippen molar-refractivity contribution in [2.24, 2.45) is 5.73 Å². The number of carbonyl (C=O) groups is 1. The lowest BCUT2D eigenvalue weighted by atomic mass is 10.00. The van der Waals surface area contributed by atoms with Gasteiger partial charge in [0.1, 0.15) is 5.75 Å². The lowest BCUT2D eigenvalue weighted by molar-refractivity contribution is -0.137. The average molecular weight is 288 g/mol. The number of nitrogens with two attached hydrogens (primary N) is 1. The van der Waals surface area contributed by atoms with Crippen LogP contribution in [-0.4, -0.2) is 25.0 Å². The van der Waals surface area contributed by atoms with Crippen molar-refractivity contribution in [1.82, 2.24) is 0 Å². The first-order valence-electron chi connectivity index (χ1n) is 5.68. The number of benzene rings is 1. The third kappa shape index (κ3) is 2.69. The van der Waals surface area contributed by atoms with E-state index >= 15 is 0 Å². The van der Waals surface area contributed by atoms with E-state index in [1.54, 1.807) is 6.07 Å². The standard InChI is InChI=1S/C12H14ClNO5/c1-17-11-6(13)4-8-12(19-5-18-8)10(11)7(14)2-3-9(15)16/h4,7H,2-3,5,14H2,1H3,(H,15,16).